The first kappa shape index (κ1) is 20.1. The molecule has 1 aliphatic heterocycles. The van der Waals surface area contributed by atoms with Gasteiger partial charge in [-0.15, -0.1) is 0 Å². The molecule has 10 heteroatoms. The van der Waals surface area contributed by atoms with Gasteiger partial charge in [-0.3, -0.25) is 0 Å². The number of anilines is 1. The number of aromatic nitrogens is 2. The summed E-state index contributed by atoms with van der Waals surface area (Å²) in [6.45, 7) is 5.96. The van der Waals surface area contributed by atoms with Crippen LogP contribution in [-0.2, 0) is 9.53 Å². The Bertz CT molecular complexity index is 657. The zero-order valence-corrected chi connectivity index (χ0v) is 16.4. The van der Waals surface area contributed by atoms with Crippen molar-refractivity contribution in [3.05, 3.63) is 6.07 Å². The number of carboxylic acid groups (broad SMARTS) is 1. The van der Waals surface area contributed by atoms with Crippen LogP contribution in [0.2, 0.25) is 0 Å². The molecule has 1 aromatic heterocycles. The van der Waals surface area contributed by atoms with Crippen LogP contribution in [-0.4, -0.2) is 76.7 Å². The minimum absolute atomic E-state index is 0.00513. The van der Waals surface area contributed by atoms with E-state index in [2.05, 4.69) is 9.97 Å². The van der Waals surface area contributed by atoms with Crippen LogP contribution in [0.1, 0.15) is 20.8 Å². The van der Waals surface area contributed by atoms with Gasteiger partial charge in [0, 0.05) is 19.2 Å². The third kappa shape index (κ3) is 4.90. The molecule has 0 radical (unpaired) electrons. The lowest BCUT2D eigenvalue weighted by molar-refractivity contribution is -0.139. The summed E-state index contributed by atoms with van der Waals surface area (Å²) in [4.78, 5) is 35.7. The Morgan fingerprint density at radius 2 is 2.00 bits per heavy atom. The van der Waals surface area contributed by atoms with Crippen molar-refractivity contribution in [3.63, 3.8) is 0 Å². The number of carboxylic acids is 1. The highest BCUT2D eigenvalue weighted by Crippen LogP contribution is 2.25. The lowest BCUT2D eigenvalue weighted by Gasteiger charge is -2.40. The minimum Gasteiger partial charge on any atom is -0.481 e. The smallest absolute Gasteiger partial charge is 0.410 e. The molecular weight excluding hydrogens is 360 g/mol. The van der Waals surface area contributed by atoms with E-state index in [1.807, 2.05) is 6.26 Å². The largest absolute Gasteiger partial charge is 0.481 e. The number of carbonyl (C=O) groups is 2. The van der Waals surface area contributed by atoms with Gasteiger partial charge >= 0.3 is 12.1 Å². The Balaban J connectivity index is 2.24. The van der Waals surface area contributed by atoms with Crippen molar-refractivity contribution in [1.82, 2.24) is 14.9 Å². The van der Waals surface area contributed by atoms with Gasteiger partial charge in [-0.2, -0.15) is 4.98 Å². The molecule has 1 atom stereocenters. The number of piperazine rings is 1. The fourth-order valence-electron chi connectivity index (χ4n) is 2.50. The summed E-state index contributed by atoms with van der Waals surface area (Å²) >= 11 is 1.34. The maximum absolute atomic E-state index is 12.3. The molecule has 1 aliphatic rings. The maximum atomic E-state index is 12.3. The van der Waals surface area contributed by atoms with Crippen LogP contribution in [0.3, 0.4) is 0 Å². The molecule has 2 rings (SSSR count). The molecule has 0 unspecified atom stereocenters. The highest BCUT2D eigenvalue weighted by Gasteiger charge is 2.37. The van der Waals surface area contributed by atoms with Gasteiger partial charge < -0.3 is 24.4 Å². The van der Waals surface area contributed by atoms with Gasteiger partial charge in [0.25, 0.3) is 0 Å². The zero-order chi connectivity index (χ0) is 19.5. The Labute approximate surface area is 156 Å². The molecule has 0 spiro atoms. The first-order valence-electron chi connectivity index (χ1n) is 8.09. The van der Waals surface area contributed by atoms with Crippen LogP contribution in [0.25, 0.3) is 0 Å². The van der Waals surface area contributed by atoms with Gasteiger partial charge in [-0.25, -0.2) is 14.6 Å². The second kappa shape index (κ2) is 7.98. The number of amides is 1. The fraction of sp³-hybridized carbons (Fsp3) is 0.625. The van der Waals surface area contributed by atoms with Gasteiger partial charge in [0.15, 0.2) is 5.16 Å². The van der Waals surface area contributed by atoms with Crippen molar-refractivity contribution in [1.29, 1.82) is 0 Å². The molecule has 0 aliphatic carbocycles. The Hall–Kier alpha value is -2.23. The first-order chi connectivity index (χ1) is 12.1. The standard InChI is InChI=1S/C16H24N4O5S/c1-16(2,3)25-15(23)19-6-7-20(10(9-19)13(21)22)11-8-12(24-4)18-14(17-11)26-5/h8,10H,6-7,9H2,1-5H3,(H,21,22)/t10-/m0/s1. The van der Waals surface area contributed by atoms with Gasteiger partial charge in [0.2, 0.25) is 5.88 Å². The number of rotatable bonds is 4. The summed E-state index contributed by atoms with van der Waals surface area (Å²) in [6, 6.07) is 0.657. The van der Waals surface area contributed by atoms with Gasteiger partial charge in [0.1, 0.15) is 17.5 Å². The minimum atomic E-state index is -1.04. The topological polar surface area (TPSA) is 105 Å². The van der Waals surface area contributed by atoms with Gasteiger partial charge in [-0.1, -0.05) is 11.8 Å². The van der Waals surface area contributed by atoms with E-state index in [0.717, 1.165) is 0 Å². The van der Waals surface area contributed by atoms with Crippen LogP contribution < -0.4 is 9.64 Å². The van der Waals surface area contributed by atoms with E-state index in [-0.39, 0.29) is 6.54 Å². The van der Waals surface area contributed by atoms with Crippen LogP contribution in [0.15, 0.2) is 11.2 Å². The number of hydrogen-bond acceptors (Lipinski definition) is 8. The summed E-state index contributed by atoms with van der Waals surface area (Å²) in [5.74, 6) is -0.225. The predicted molar refractivity (Wildman–Crippen MR) is 96.9 cm³/mol. The normalized spacial score (nSPS) is 17.8. The van der Waals surface area contributed by atoms with Crippen molar-refractivity contribution in [2.24, 2.45) is 0 Å². The molecule has 0 bridgehead atoms. The zero-order valence-electron chi connectivity index (χ0n) is 15.6. The van der Waals surface area contributed by atoms with Gasteiger partial charge in [-0.05, 0) is 27.0 Å². The summed E-state index contributed by atoms with van der Waals surface area (Å²) in [6.07, 6.45) is 1.31. The quantitative estimate of drug-likeness (QED) is 0.613. The van der Waals surface area contributed by atoms with Crippen molar-refractivity contribution < 1.29 is 24.2 Å². The highest BCUT2D eigenvalue weighted by atomic mass is 32.2. The van der Waals surface area contributed by atoms with E-state index in [9.17, 15) is 14.7 Å². The summed E-state index contributed by atoms with van der Waals surface area (Å²) in [7, 11) is 1.49. The van der Waals surface area contributed by atoms with E-state index in [4.69, 9.17) is 9.47 Å². The van der Waals surface area contributed by atoms with E-state index in [1.165, 1.54) is 23.8 Å². The summed E-state index contributed by atoms with van der Waals surface area (Å²) in [5, 5.41) is 10.1. The average molecular weight is 384 g/mol. The van der Waals surface area contributed by atoms with Crippen LogP contribution in [0, 0.1) is 0 Å². The molecule has 1 amide bonds. The van der Waals surface area contributed by atoms with E-state index in [1.54, 1.807) is 31.7 Å². The Kier molecular flexibility index (Phi) is 6.17. The van der Waals surface area contributed by atoms with E-state index < -0.39 is 23.7 Å². The number of aliphatic carboxylic acids is 1. The molecule has 1 fully saturated rings. The molecule has 0 aromatic carbocycles. The maximum Gasteiger partial charge on any atom is 0.410 e. The second-order valence-corrected chi connectivity index (χ2v) is 7.50. The number of thioether (sulfide) groups is 1. The summed E-state index contributed by atoms with van der Waals surface area (Å²) < 4.78 is 10.5. The average Bonchev–Trinajstić information content (AvgIpc) is 2.59. The highest BCUT2D eigenvalue weighted by molar-refractivity contribution is 7.98. The Morgan fingerprint density at radius 1 is 1.31 bits per heavy atom. The number of nitrogens with zero attached hydrogens (tertiary/aromatic N) is 4. The number of methoxy groups -OCH3 is 1. The molecule has 1 saturated heterocycles. The van der Waals surface area contributed by atoms with Crippen molar-refractivity contribution >= 4 is 29.6 Å². The molecule has 26 heavy (non-hydrogen) atoms. The third-order valence-electron chi connectivity index (χ3n) is 3.67. The monoisotopic (exact) mass is 384 g/mol. The predicted octanol–water partition coefficient (Wildman–Crippen LogP) is 1.72. The van der Waals surface area contributed by atoms with Crippen molar-refractivity contribution in [3.8, 4) is 5.88 Å². The molecule has 2 heterocycles. The molecule has 0 saturated carbocycles. The number of carbonyl (C=O) groups excluding carboxylic acids is 1. The number of ether oxygens (including phenoxy) is 2. The SMILES string of the molecule is COc1cc(N2CCN(C(=O)OC(C)(C)C)C[C@H]2C(=O)O)nc(SC)n1. The lowest BCUT2D eigenvalue weighted by atomic mass is 10.1. The van der Waals surface area contributed by atoms with E-state index in [0.29, 0.717) is 29.9 Å². The van der Waals surface area contributed by atoms with Crippen LogP contribution >= 0.6 is 11.8 Å². The molecule has 9 nitrogen and oxygen atoms in total. The molecule has 1 aromatic rings. The number of hydrogen-bond donors (Lipinski definition) is 1. The Morgan fingerprint density at radius 3 is 2.54 bits per heavy atom. The second-order valence-electron chi connectivity index (χ2n) is 6.73. The van der Waals surface area contributed by atoms with Crippen molar-refractivity contribution in [2.45, 2.75) is 37.6 Å². The lowest BCUT2D eigenvalue weighted by Crippen LogP contribution is -2.58. The molecular formula is C16H24N4O5S. The van der Waals surface area contributed by atoms with Gasteiger partial charge in [0.05, 0.1) is 13.7 Å². The van der Waals surface area contributed by atoms with E-state index >= 15 is 0 Å². The molecule has 144 valence electrons. The van der Waals surface area contributed by atoms with Crippen LogP contribution in [0.5, 0.6) is 5.88 Å². The first-order valence-corrected chi connectivity index (χ1v) is 9.31. The summed E-state index contributed by atoms with van der Waals surface area (Å²) in [5.41, 5.74) is -0.639. The van der Waals surface area contributed by atoms with Crippen LogP contribution in [0.4, 0.5) is 10.6 Å². The molecule has 1 N–H and O–H groups in total. The third-order valence-corrected chi connectivity index (χ3v) is 4.22. The van der Waals surface area contributed by atoms with Crippen molar-refractivity contribution in [2.75, 3.05) is 37.9 Å². The fourth-order valence-corrected chi connectivity index (χ4v) is 2.86.